The third kappa shape index (κ3) is 4.88. The van der Waals surface area contributed by atoms with Crippen LogP contribution >= 0.6 is 0 Å². The highest BCUT2D eigenvalue weighted by Gasteiger charge is 2.02. The lowest BCUT2D eigenvalue weighted by molar-refractivity contribution is 0.0961. The maximum absolute atomic E-state index is 9.11. The van der Waals surface area contributed by atoms with Gasteiger partial charge >= 0.3 is 0 Å². The quantitative estimate of drug-likeness (QED) is 0.609. The molecule has 0 aliphatic heterocycles. The second-order valence-corrected chi connectivity index (χ2v) is 2.50. The van der Waals surface area contributed by atoms with Gasteiger partial charge < -0.3 is 10.2 Å². The van der Waals surface area contributed by atoms with Crippen molar-refractivity contribution in [3.8, 4) is 0 Å². The van der Waals surface area contributed by atoms with Gasteiger partial charge in [0.15, 0.2) is 0 Å². The topological polar surface area (TPSA) is 40.5 Å². The molecule has 68 valence electrons. The second kappa shape index (κ2) is 6.83. The zero-order chi connectivity index (χ0) is 9.40. The summed E-state index contributed by atoms with van der Waals surface area (Å²) in [5.41, 5.74) is 0.997. The van der Waals surface area contributed by atoms with Gasteiger partial charge in [-0.05, 0) is 12.5 Å². The summed E-state index contributed by atoms with van der Waals surface area (Å²) >= 11 is 0. The van der Waals surface area contributed by atoms with Gasteiger partial charge in [-0.3, -0.25) is 0 Å². The van der Waals surface area contributed by atoms with Gasteiger partial charge in [-0.1, -0.05) is 30.9 Å². The lowest BCUT2D eigenvalue weighted by Gasteiger charge is -2.06. The molecule has 0 radical (unpaired) electrons. The van der Waals surface area contributed by atoms with Gasteiger partial charge in [-0.15, -0.1) is 0 Å². The normalized spacial score (nSPS) is 15.1. The first kappa shape index (κ1) is 11.1. The van der Waals surface area contributed by atoms with Crippen LogP contribution in [0.5, 0.6) is 0 Å². The van der Waals surface area contributed by atoms with E-state index in [2.05, 4.69) is 6.58 Å². The van der Waals surface area contributed by atoms with Gasteiger partial charge in [0.05, 0.1) is 12.7 Å². The number of allylic oxidation sites excluding steroid dienone is 4. The van der Waals surface area contributed by atoms with E-state index < -0.39 is 6.10 Å². The van der Waals surface area contributed by atoms with Crippen LogP contribution in [-0.2, 0) is 0 Å². The first-order chi connectivity index (χ1) is 5.74. The SMILES string of the molecule is C=C/C=C\C(=C/C)CC(O)CO. The summed E-state index contributed by atoms with van der Waals surface area (Å²) in [5, 5.41) is 17.7. The van der Waals surface area contributed by atoms with E-state index in [0.717, 1.165) is 5.57 Å². The lowest BCUT2D eigenvalue weighted by atomic mass is 10.1. The van der Waals surface area contributed by atoms with Gasteiger partial charge in [0.1, 0.15) is 0 Å². The fourth-order valence-electron chi connectivity index (χ4n) is 0.810. The van der Waals surface area contributed by atoms with Crippen LogP contribution in [0.4, 0.5) is 0 Å². The van der Waals surface area contributed by atoms with Crippen molar-refractivity contribution in [3.05, 3.63) is 36.5 Å². The predicted octanol–water partition coefficient (Wildman–Crippen LogP) is 1.42. The van der Waals surface area contributed by atoms with Crippen molar-refractivity contribution in [1.82, 2.24) is 0 Å². The zero-order valence-corrected chi connectivity index (χ0v) is 7.40. The molecule has 0 aliphatic carbocycles. The van der Waals surface area contributed by atoms with Crippen LogP contribution in [-0.4, -0.2) is 22.9 Å². The van der Waals surface area contributed by atoms with Crippen molar-refractivity contribution in [2.45, 2.75) is 19.4 Å². The van der Waals surface area contributed by atoms with Crippen LogP contribution in [0.25, 0.3) is 0 Å². The van der Waals surface area contributed by atoms with E-state index in [1.54, 1.807) is 12.2 Å². The average molecular weight is 168 g/mol. The Balaban J connectivity index is 4.01. The molecule has 0 aromatic carbocycles. The monoisotopic (exact) mass is 168 g/mol. The number of rotatable bonds is 5. The van der Waals surface area contributed by atoms with E-state index in [4.69, 9.17) is 10.2 Å². The largest absolute Gasteiger partial charge is 0.394 e. The van der Waals surface area contributed by atoms with E-state index in [1.807, 2.05) is 19.1 Å². The molecular weight excluding hydrogens is 152 g/mol. The van der Waals surface area contributed by atoms with Gasteiger partial charge in [-0.25, -0.2) is 0 Å². The Morgan fingerprint density at radius 1 is 1.58 bits per heavy atom. The third-order valence-corrected chi connectivity index (χ3v) is 1.50. The summed E-state index contributed by atoms with van der Waals surface area (Å²) in [6.45, 7) is 5.24. The molecule has 2 N–H and O–H groups in total. The minimum absolute atomic E-state index is 0.195. The number of aliphatic hydroxyl groups is 2. The number of aliphatic hydroxyl groups excluding tert-OH is 2. The predicted molar refractivity (Wildman–Crippen MR) is 50.8 cm³/mol. The summed E-state index contributed by atoms with van der Waals surface area (Å²) in [4.78, 5) is 0. The molecule has 12 heavy (non-hydrogen) atoms. The summed E-state index contributed by atoms with van der Waals surface area (Å²) in [6, 6.07) is 0. The molecule has 2 nitrogen and oxygen atoms in total. The first-order valence-electron chi connectivity index (χ1n) is 3.97. The van der Waals surface area contributed by atoms with Crippen molar-refractivity contribution in [2.75, 3.05) is 6.61 Å². The Labute approximate surface area is 73.5 Å². The van der Waals surface area contributed by atoms with Crippen molar-refractivity contribution < 1.29 is 10.2 Å². The van der Waals surface area contributed by atoms with E-state index in [9.17, 15) is 0 Å². The molecule has 0 heterocycles. The Morgan fingerprint density at radius 2 is 2.25 bits per heavy atom. The highest BCUT2D eigenvalue weighted by atomic mass is 16.3. The van der Waals surface area contributed by atoms with Crippen LogP contribution < -0.4 is 0 Å². The van der Waals surface area contributed by atoms with Crippen molar-refractivity contribution in [2.24, 2.45) is 0 Å². The summed E-state index contributed by atoms with van der Waals surface area (Å²) in [7, 11) is 0. The molecule has 0 saturated carbocycles. The molecule has 1 unspecified atom stereocenters. The minimum atomic E-state index is -0.661. The van der Waals surface area contributed by atoms with Crippen LogP contribution in [0.3, 0.4) is 0 Å². The Bertz CT molecular complexity index is 180. The summed E-state index contributed by atoms with van der Waals surface area (Å²) in [5.74, 6) is 0. The smallest absolute Gasteiger partial charge is 0.0811 e. The molecule has 0 aromatic rings. The molecule has 0 aliphatic rings. The number of hydrogen-bond acceptors (Lipinski definition) is 2. The van der Waals surface area contributed by atoms with Crippen LogP contribution in [0.2, 0.25) is 0 Å². The van der Waals surface area contributed by atoms with Crippen molar-refractivity contribution >= 4 is 0 Å². The van der Waals surface area contributed by atoms with E-state index in [-0.39, 0.29) is 6.61 Å². The molecule has 0 amide bonds. The maximum Gasteiger partial charge on any atom is 0.0811 e. The van der Waals surface area contributed by atoms with Gasteiger partial charge in [0.2, 0.25) is 0 Å². The highest BCUT2D eigenvalue weighted by molar-refractivity contribution is 5.21. The third-order valence-electron chi connectivity index (χ3n) is 1.50. The fourth-order valence-corrected chi connectivity index (χ4v) is 0.810. The molecule has 0 spiro atoms. The van der Waals surface area contributed by atoms with Crippen molar-refractivity contribution in [1.29, 1.82) is 0 Å². The standard InChI is InChI=1S/C10H16O2/c1-3-5-6-9(4-2)7-10(12)8-11/h3-6,10-12H,1,7-8H2,2H3/b6-5-,9-4+. The van der Waals surface area contributed by atoms with E-state index >= 15 is 0 Å². The van der Waals surface area contributed by atoms with Crippen LogP contribution in [0.15, 0.2) is 36.5 Å². The van der Waals surface area contributed by atoms with Crippen LogP contribution in [0.1, 0.15) is 13.3 Å². The van der Waals surface area contributed by atoms with Gasteiger partial charge in [-0.2, -0.15) is 0 Å². The minimum Gasteiger partial charge on any atom is -0.394 e. The maximum atomic E-state index is 9.11. The van der Waals surface area contributed by atoms with Gasteiger partial charge in [0, 0.05) is 6.42 Å². The fraction of sp³-hybridized carbons (Fsp3) is 0.400. The lowest BCUT2D eigenvalue weighted by Crippen LogP contribution is -2.11. The van der Waals surface area contributed by atoms with E-state index in [0.29, 0.717) is 6.42 Å². The molecule has 0 bridgehead atoms. The number of hydrogen-bond donors (Lipinski definition) is 2. The molecule has 2 heteroatoms. The molecule has 0 fully saturated rings. The highest BCUT2D eigenvalue weighted by Crippen LogP contribution is 2.06. The molecule has 0 rings (SSSR count). The molecule has 0 aromatic heterocycles. The summed E-state index contributed by atoms with van der Waals surface area (Å²) < 4.78 is 0. The zero-order valence-electron chi connectivity index (χ0n) is 7.40. The molecular formula is C10H16O2. The van der Waals surface area contributed by atoms with Crippen molar-refractivity contribution in [3.63, 3.8) is 0 Å². The molecule has 1 atom stereocenters. The average Bonchev–Trinajstić information content (AvgIpc) is 2.11. The van der Waals surface area contributed by atoms with Crippen LogP contribution in [0, 0.1) is 0 Å². The first-order valence-corrected chi connectivity index (χ1v) is 3.97. The molecule has 0 saturated heterocycles. The Kier molecular flexibility index (Phi) is 6.34. The van der Waals surface area contributed by atoms with E-state index in [1.165, 1.54) is 0 Å². The Morgan fingerprint density at radius 3 is 2.67 bits per heavy atom. The Hall–Kier alpha value is -0.860. The van der Waals surface area contributed by atoms with Gasteiger partial charge in [0.25, 0.3) is 0 Å². The summed E-state index contributed by atoms with van der Waals surface area (Å²) in [6.07, 6.45) is 7.07. The second-order valence-electron chi connectivity index (χ2n) is 2.50.